The Bertz CT molecular complexity index is 740. The molecule has 0 radical (unpaired) electrons. The van der Waals surface area contributed by atoms with Crippen LogP contribution in [0.15, 0.2) is 40.8 Å². The molecule has 1 aromatic carbocycles. The van der Waals surface area contributed by atoms with Crippen LogP contribution in [-0.4, -0.2) is 6.54 Å². The SMILES string of the molecule is CC(C)CCCN=O.CC(Oc1ccc(C#N)cc1)=C1CCC1.CCCC(CC)CCCC(C)CC. The van der Waals surface area contributed by atoms with Crippen molar-refractivity contribution in [1.29, 1.82) is 5.26 Å². The molecule has 36 heavy (non-hydrogen) atoms. The van der Waals surface area contributed by atoms with Crippen LogP contribution in [0.25, 0.3) is 0 Å². The molecule has 1 saturated carbocycles. The van der Waals surface area contributed by atoms with E-state index < -0.39 is 0 Å². The minimum Gasteiger partial charge on any atom is -0.462 e. The Hall–Kier alpha value is -2.15. The molecule has 204 valence electrons. The van der Waals surface area contributed by atoms with E-state index in [0.717, 1.165) is 36.2 Å². The van der Waals surface area contributed by atoms with Gasteiger partial charge in [-0.25, -0.2) is 0 Å². The van der Waals surface area contributed by atoms with Gasteiger partial charge < -0.3 is 4.74 Å². The summed E-state index contributed by atoms with van der Waals surface area (Å²) in [4.78, 5) is 9.54. The van der Waals surface area contributed by atoms with Crippen molar-refractivity contribution in [2.75, 3.05) is 6.54 Å². The minimum absolute atomic E-state index is 0.484. The highest BCUT2D eigenvalue weighted by Crippen LogP contribution is 2.29. The van der Waals surface area contributed by atoms with Crippen molar-refractivity contribution in [3.8, 4) is 11.8 Å². The van der Waals surface area contributed by atoms with Crippen LogP contribution in [0.1, 0.15) is 131 Å². The average molecular weight is 499 g/mol. The van der Waals surface area contributed by atoms with E-state index >= 15 is 0 Å². The van der Waals surface area contributed by atoms with E-state index in [4.69, 9.17) is 10.00 Å². The van der Waals surface area contributed by atoms with Crippen LogP contribution in [0.5, 0.6) is 5.75 Å². The van der Waals surface area contributed by atoms with E-state index in [1.165, 1.54) is 69.8 Å². The quantitative estimate of drug-likeness (QED) is 0.145. The summed E-state index contributed by atoms with van der Waals surface area (Å²) in [5.74, 6) is 4.49. The predicted octanol–water partition coefficient (Wildman–Crippen LogP) is 10.6. The molecule has 0 aliphatic heterocycles. The van der Waals surface area contributed by atoms with Crippen molar-refractivity contribution in [2.45, 2.75) is 126 Å². The van der Waals surface area contributed by atoms with Gasteiger partial charge in [-0.3, -0.25) is 0 Å². The van der Waals surface area contributed by atoms with Crippen molar-refractivity contribution < 1.29 is 4.74 Å². The molecule has 0 heterocycles. The molecule has 4 heteroatoms. The minimum atomic E-state index is 0.484. The number of hydrogen-bond donors (Lipinski definition) is 0. The highest BCUT2D eigenvalue weighted by molar-refractivity contribution is 5.35. The van der Waals surface area contributed by atoms with E-state index in [0.29, 0.717) is 18.0 Å². The molecule has 0 N–H and O–H groups in total. The second-order valence-electron chi connectivity index (χ2n) is 10.6. The number of allylic oxidation sites excluding steroid dienone is 2. The first-order chi connectivity index (χ1) is 17.3. The van der Waals surface area contributed by atoms with Crippen LogP contribution in [-0.2, 0) is 0 Å². The van der Waals surface area contributed by atoms with Crippen LogP contribution in [0.4, 0.5) is 0 Å². The fraction of sp³-hybridized carbons (Fsp3) is 0.719. The summed E-state index contributed by atoms with van der Waals surface area (Å²) in [5, 5.41) is 11.4. The number of nitriles is 1. The van der Waals surface area contributed by atoms with Gasteiger partial charge in [-0.1, -0.05) is 91.7 Å². The van der Waals surface area contributed by atoms with E-state index in [1.54, 1.807) is 12.1 Å². The molecule has 1 aliphatic rings. The number of rotatable bonds is 14. The third-order valence-electron chi connectivity index (χ3n) is 7.02. The first-order valence-corrected chi connectivity index (χ1v) is 14.5. The highest BCUT2D eigenvalue weighted by Gasteiger charge is 2.13. The molecule has 0 aromatic heterocycles. The first kappa shape index (κ1) is 33.8. The van der Waals surface area contributed by atoms with Crippen molar-refractivity contribution in [3.63, 3.8) is 0 Å². The van der Waals surface area contributed by atoms with Crippen LogP contribution in [0.2, 0.25) is 0 Å². The highest BCUT2D eigenvalue weighted by atomic mass is 16.5. The van der Waals surface area contributed by atoms with Gasteiger partial charge in [-0.05, 0) is 86.6 Å². The smallest absolute Gasteiger partial charge is 0.127 e. The van der Waals surface area contributed by atoms with Gasteiger partial charge in [0.25, 0.3) is 0 Å². The second kappa shape index (κ2) is 22.1. The number of nitroso groups, excluding NO2 is 1. The summed E-state index contributed by atoms with van der Waals surface area (Å²) in [5.41, 5.74) is 2.08. The van der Waals surface area contributed by atoms with Gasteiger partial charge in [0.1, 0.15) is 11.5 Å². The fourth-order valence-electron chi connectivity index (χ4n) is 4.04. The topological polar surface area (TPSA) is 62.4 Å². The van der Waals surface area contributed by atoms with E-state index in [2.05, 4.69) is 52.8 Å². The Balaban J connectivity index is 0.000000537. The van der Waals surface area contributed by atoms with Crippen molar-refractivity contribution >= 4 is 0 Å². The number of nitrogens with zero attached hydrogens (tertiary/aromatic N) is 2. The zero-order chi connectivity index (χ0) is 27.2. The van der Waals surface area contributed by atoms with Gasteiger partial charge in [-0.15, -0.1) is 0 Å². The molecule has 2 unspecified atom stereocenters. The summed E-state index contributed by atoms with van der Waals surface area (Å²) in [6.45, 7) is 16.1. The van der Waals surface area contributed by atoms with E-state index in [1.807, 2.05) is 19.1 Å². The van der Waals surface area contributed by atoms with Crippen molar-refractivity contribution in [3.05, 3.63) is 46.1 Å². The predicted molar refractivity (Wildman–Crippen MR) is 155 cm³/mol. The maximum atomic E-state index is 9.54. The molecule has 1 fully saturated rings. The summed E-state index contributed by atoms with van der Waals surface area (Å²) in [6, 6.07) is 9.30. The number of hydrogen-bond acceptors (Lipinski definition) is 4. The van der Waals surface area contributed by atoms with Crippen LogP contribution >= 0.6 is 0 Å². The zero-order valence-corrected chi connectivity index (χ0v) is 24.4. The van der Waals surface area contributed by atoms with Crippen molar-refractivity contribution in [1.82, 2.24) is 0 Å². The van der Waals surface area contributed by atoms with Gasteiger partial charge in [0.2, 0.25) is 0 Å². The third-order valence-corrected chi connectivity index (χ3v) is 7.02. The lowest BCUT2D eigenvalue weighted by molar-refractivity contribution is 0.386. The first-order valence-electron chi connectivity index (χ1n) is 14.5. The molecule has 4 nitrogen and oxygen atoms in total. The summed E-state index contributed by atoms with van der Waals surface area (Å²) < 4.78 is 5.69. The molecule has 2 atom stereocenters. The van der Waals surface area contributed by atoms with Gasteiger partial charge in [0.05, 0.1) is 18.2 Å². The molecular weight excluding hydrogens is 444 g/mol. The van der Waals surface area contributed by atoms with Crippen LogP contribution in [0.3, 0.4) is 0 Å². The average Bonchev–Trinajstić information content (AvgIpc) is 2.83. The molecule has 2 rings (SSSR count). The molecular formula is C32H54N2O2. The molecule has 0 bridgehead atoms. The van der Waals surface area contributed by atoms with Crippen LogP contribution < -0.4 is 4.74 Å². The van der Waals surface area contributed by atoms with E-state index in [-0.39, 0.29) is 0 Å². The Morgan fingerprint density at radius 2 is 1.64 bits per heavy atom. The Kier molecular flexibility index (Phi) is 20.8. The maximum Gasteiger partial charge on any atom is 0.127 e. The standard InChI is InChI=1S/C13H13NO.C13H28.C6H13NO/c1-10(12-3-2-4-12)15-13-7-5-11(9-14)6-8-13;1-5-9-13(7-3)11-8-10-12(4)6-2;1-6(2)4-3-5-7-8/h5-8H,2-4H2,1H3;12-13H,5-11H2,1-4H3;6H,3-5H2,1-2H3. The molecule has 1 aromatic rings. The molecule has 1 aliphatic carbocycles. The molecule has 0 amide bonds. The third kappa shape index (κ3) is 17.3. The fourth-order valence-corrected chi connectivity index (χ4v) is 4.04. The normalized spacial score (nSPS) is 13.7. The van der Waals surface area contributed by atoms with E-state index in [9.17, 15) is 4.91 Å². The lowest BCUT2D eigenvalue weighted by Crippen LogP contribution is -2.04. The van der Waals surface area contributed by atoms with Crippen molar-refractivity contribution in [2.24, 2.45) is 22.9 Å². The van der Waals surface area contributed by atoms with Gasteiger partial charge in [0.15, 0.2) is 0 Å². The Labute approximate surface area is 222 Å². The maximum absolute atomic E-state index is 9.54. The van der Waals surface area contributed by atoms with Gasteiger partial charge in [-0.2, -0.15) is 10.2 Å². The number of ether oxygens (including phenoxy) is 1. The van der Waals surface area contributed by atoms with Gasteiger partial charge in [0, 0.05) is 0 Å². The summed E-state index contributed by atoms with van der Waals surface area (Å²) in [6.07, 6.45) is 15.6. The summed E-state index contributed by atoms with van der Waals surface area (Å²) >= 11 is 0. The lowest BCUT2D eigenvalue weighted by atomic mass is 9.91. The Morgan fingerprint density at radius 1 is 0.972 bits per heavy atom. The molecule has 0 spiro atoms. The number of benzene rings is 1. The zero-order valence-electron chi connectivity index (χ0n) is 24.4. The Morgan fingerprint density at radius 3 is 2.08 bits per heavy atom. The van der Waals surface area contributed by atoms with Crippen LogP contribution in [0, 0.1) is 34.0 Å². The largest absolute Gasteiger partial charge is 0.462 e. The second-order valence-corrected chi connectivity index (χ2v) is 10.6. The lowest BCUT2D eigenvalue weighted by Gasteiger charge is -2.19. The molecule has 0 saturated heterocycles. The monoisotopic (exact) mass is 498 g/mol. The van der Waals surface area contributed by atoms with Gasteiger partial charge >= 0.3 is 0 Å². The summed E-state index contributed by atoms with van der Waals surface area (Å²) in [7, 11) is 0.